The lowest BCUT2D eigenvalue weighted by atomic mass is 10.2. The smallest absolute Gasteiger partial charge is 0.325 e. The van der Waals surface area contributed by atoms with Gasteiger partial charge >= 0.3 is 6.03 Å². The van der Waals surface area contributed by atoms with Gasteiger partial charge in [-0.25, -0.2) is 4.79 Å². The van der Waals surface area contributed by atoms with E-state index in [0.717, 1.165) is 5.56 Å². The summed E-state index contributed by atoms with van der Waals surface area (Å²) in [4.78, 5) is 26.0. The molecule has 1 heterocycles. The molecular formula is C20H23N3O6. The highest BCUT2D eigenvalue weighted by Gasteiger charge is 2.16. The van der Waals surface area contributed by atoms with Crippen molar-refractivity contribution < 1.29 is 28.5 Å². The first-order valence-electron chi connectivity index (χ1n) is 8.88. The van der Waals surface area contributed by atoms with Crippen molar-refractivity contribution in [2.75, 3.05) is 39.9 Å². The number of carbonyl (C=O) groups excluding carboxylic acids is 2. The third-order valence-electron chi connectivity index (χ3n) is 4.20. The van der Waals surface area contributed by atoms with Crippen molar-refractivity contribution in [2.45, 2.75) is 6.54 Å². The summed E-state index contributed by atoms with van der Waals surface area (Å²) in [5.74, 6) is 1.99. The van der Waals surface area contributed by atoms with Crippen molar-refractivity contribution >= 4 is 17.6 Å². The Balaban J connectivity index is 1.49. The standard InChI is InChI=1S/C20H23N3O6/c1-23(10-13-4-6-15(26-2)17(8-13)27-3)11-19(24)22-20(25)21-14-5-7-16-18(9-14)29-12-28-16/h4-9H,10-12H2,1-3H3,(H2,21,22,24,25). The molecule has 1 aliphatic rings. The monoisotopic (exact) mass is 401 g/mol. The normalized spacial score (nSPS) is 11.9. The lowest BCUT2D eigenvalue weighted by Crippen LogP contribution is -2.40. The fourth-order valence-corrected chi connectivity index (χ4v) is 2.89. The second-order valence-electron chi connectivity index (χ2n) is 6.43. The Kier molecular flexibility index (Phi) is 6.40. The van der Waals surface area contributed by atoms with Crippen LogP contribution in [0.3, 0.4) is 0 Å². The van der Waals surface area contributed by atoms with E-state index in [1.165, 1.54) is 0 Å². The maximum absolute atomic E-state index is 12.2. The van der Waals surface area contributed by atoms with Crippen LogP contribution in [0, 0.1) is 0 Å². The second-order valence-corrected chi connectivity index (χ2v) is 6.43. The molecule has 29 heavy (non-hydrogen) atoms. The van der Waals surface area contributed by atoms with Gasteiger partial charge in [-0.3, -0.25) is 15.0 Å². The summed E-state index contributed by atoms with van der Waals surface area (Å²) in [7, 11) is 4.92. The van der Waals surface area contributed by atoms with Crippen LogP contribution in [0.5, 0.6) is 23.0 Å². The van der Waals surface area contributed by atoms with Gasteiger partial charge in [0.05, 0.1) is 20.8 Å². The van der Waals surface area contributed by atoms with Crippen molar-refractivity contribution in [1.29, 1.82) is 0 Å². The van der Waals surface area contributed by atoms with Crippen LogP contribution in [0.2, 0.25) is 0 Å². The van der Waals surface area contributed by atoms with Gasteiger partial charge in [0.2, 0.25) is 12.7 Å². The molecule has 9 nitrogen and oxygen atoms in total. The number of urea groups is 1. The fourth-order valence-electron chi connectivity index (χ4n) is 2.89. The number of anilines is 1. The van der Waals surface area contributed by atoms with Crippen molar-refractivity contribution in [2.24, 2.45) is 0 Å². The first-order valence-corrected chi connectivity index (χ1v) is 8.88. The zero-order valence-electron chi connectivity index (χ0n) is 16.5. The molecule has 2 aromatic carbocycles. The number of ether oxygens (including phenoxy) is 4. The molecule has 0 saturated heterocycles. The number of carbonyl (C=O) groups is 2. The third-order valence-corrected chi connectivity index (χ3v) is 4.20. The summed E-state index contributed by atoms with van der Waals surface area (Å²) in [6.45, 7) is 0.691. The lowest BCUT2D eigenvalue weighted by Gasteiger charge is -2.17. The van der Waals surface area contributed by atoms with Crippen LogP contribution in [0.1, 0.15) is 5.56 Å². The van der Waals surface area contributed by atoms with E-state index in [1.807, 2.05) is 12.1 Å². The highest BCUT2D eigenvalue weighted by molar-refractivity contribution is 6.01. The zero-order chi connectivity index (χ0) is 20.8. The molecule has 9 heteroatoms. The van der Waals surface area contributed by atoms with Crippen LogP contribution >= 0.6 is 0 Å². The summed E-state index contributed by atoms with van der Waals surface area (Å²) >= 11 is 0. The summed E-state index contributed by atoms with van der Waals surface area (Å²) in [6.07, 6.45) is 0. The maximum atomic E-state index is 12.2. The molecule has 2 aromatic rings. The van der Waals surface area contributed by atoms with Crippen LogP contribution < -0.4 is 29.6 Å². The number of hydrogen-bond acceptors (Lipinski definition) is 7. The number of fused-ring (bicyclic) bond motifs is 1. The summed E-state index contributed by atoms with van der Waals surface area (Å²) in [6, 6.07) is 9.92. The Morgan fingerprint density at radius 3 is 2.55 bits per heavy atom. The molecule has 3 amide bonds. The predicted molar refractivity (Wildman–Crippen MR) is 106 cm³/mol. The summed E-state index contributed by atoms with van der Waals surface area (Å²) in [5.41, 5.74) is 1.45. The number of nitrogens with one attached hydrogen (secondary N) is 2. The Morgan fingerprint density at radius 1 is 1.03 bits per heavy atom. The van der Waals surface area contributed by atoms with Crippen LogP contribution in [-0.2, 0) is 11.3 Å². The second kappa shape index (κ2) is 9.16. The van der Waals surface area contributed by atoms with Gasteiger partial charge in [-0.05, 0) is 36.9 Å². The molecule has 0 spiro atoms. The van der Waals surface area contributed by atoms with E-state index in [-0.39, 0.29) is 13.3 Å². The molecule has 1 aliphatic heterocycles. The molecule has 154 valence electrons. The molecule has 3 rings (SSSR count). The van der Waals surface area contributed by atoms with Gasteiger partial charge in [0, 0.05) is 18.3 Å². The van der Waals surface area contributed by atoms with Crippen molar-refractivity contribution in [1.82, 2.24) is 10.2 Å². The van der Waals surface area contributed by atoms with Crippen LogP contribution in [-0.4, -0.2) is 51.4 Å². The molecular weight excluding hydrogens is 378 g/mol. The SMILES string of the molecule is COc1ccc(CN(C)CC(=O)NC(=O)Nc2ccc3c(c2)OCO3)cc1OC. The van der Waals surface area contributed by atoms with E-state index in [0.29, 0.717) is 35.2 Å². The van der Waals surface area contributed by atoms with E-state index in [4.69, 9.17) is 18.9 Å². The van der Waals surface area contributed by atoms with Gasteiger partial charge in [0.15, 0.2) is 23.0 Å². The van der Waals surface area contributed by atoms with Crippen molar-refractivity contribution in [3.8, 4) is 23.0 Å². The molecule has 0 unspecified atom stereocenters. The number of hydrogen-bond donors (Lipinski definition) is 2. The quantitative estimate of drug-likeness (QED) is 0.734. The minimum atomic E-state index is -0.617. The van der Waals surface area contributed by atoms with Gasteiger partial charge in [-0.1, -0.05) is 6.07 Å². The minimum absolute atomic E-state index is 0.0445. The summed E-state index contributed by atoms with van der Waals surface area (Å²) in [5, 5.41) is 4.90. The number of rotatable bonds is 7. The third kappa shape index (κ3) is 5.29. The molecule has 0 bridgehead atoms. The Labute approximate surface area is 168 Å². The number of amides is 3. The molecule has 0 radical (unpaired) electrons. The van der Waals surface area contributed by atoms with E-state index in [2.05, 4.69) is 10.6 Å². The lowest BCUT2D eigenvalue weighted by molar-refractivity contribution is -0.120. The van der Waals surface area contributed by atoms with Gasteiger partial charge in [0.1, 0.15) is 0 Å². The largest absolute Gasteiger partial charge is 0.493 e. The highest BCUT2D eigenvalue weighted by Crippen LogP contribution is 2.34. The van der Waals surface area contributed by atoms with E-state index in [1.54, 1.807) is 50.4 Å². The van der Waals surface area contributed by atoms with Gasteiger partial charge in [0.25, 0.3) is 0 Å². The number of methoxy groups -OCH3 is 2. The molecule has 0 saturated carbocycles. The van der Waals surface area contributed by atoms with Crippen LogP contribution in [0.4, 0.5) is 10.5 Å². The average molecular weight is 401 g/mol. The van der Waals surface area contributed by atoms with Gasteiger partial charge < -0.3 is 24.3 Å². The van der Waals surface area contributed by atoms with Gasteiger partial charge in [-0.2, -0.15) is 0 Å². The van der Waals surface area contributed by atoms with Crippen LogP contribution in [0.15, 0.2) is 36.4 Å². The fraction of sp³-hybridized carbons (Fsp3) is 0.300. The first kappa shape index (κ1) is 20.3. The first-order chi connectivity index (χ1) is 14.0. The number of nitrogens with zero attached hydrogens (tertiary/aromatic N) is 1. The Hall–Kier alpha value is -3.46. The topological polar surface area (TPSA) is 98.4 Å². The van der Waals surface area contributed by atoms with E-state index in [9.17, 15) is 9.59 Å². The van der Waals surface area contributed by atoms with E-state index < -0.39 is 11.9 Å². The maximum Gasteiger partial charge on any atom is 0.325 e. The number of benzene rings is 2. The Bertz CT molecular complexity index is 902. The molecule has 0 aromatic heterocycles. The molecule has 0 fully saturated rings. The molecule has 2 N–H and O–H groups in total. The predicted octanol–water partition coefficient (Wildman–Crippen LogP) is 2.21. The van der Waals surface area contributed by atoms with Crippen molar-refractivity contribution in [3.05, 3.63) is 42.0 Å². The van der Waals surface area contributed by atoms with Gasteiger partial charge in [-0.15, -0.1) is 0 Å². The minimum Gasteiger partial charge on any atom is -0.493 e. The van der Waals surface area contributed by atoms with Crippen molar-refractivity contribution in [3.63, 3.8) is 0 Å². The molecule has 0 atom stereocenters. The number of likely N-dealkylation sites (N-methyl/N-ethyl adjacent to an activating group) is 1. The molecule has 0 aliphatic carbocycles. The number of imide groups is 1. The van der Waals surface area contributed by atoms with Crippen LogP contribution in [0.25, 0.3) is 0 Å². The highest BCUT2D eigenvalue weighted by atomic mass is 16.7. The Morgan fingerprint density at radius 2 is 1.79 bits per heavy atom. The average Bonchev–Trinajstić information content (AvgIpc) is 3.15. The van der Waals surface area contributed by atoms with E-state index >= 15 is 0 Å². The zero-order valence-corrected chi connectivity index (χ0v) is 16.5. The summed E-state index contributed by atoms with van der Waals surface area (Å²) < 4.78 is 21.0.